The first kappa shape index (κ1) is 13.5. The maximum atomic E-state index is 11.7. The van der Waals surface area contributed by atoms with Crippen molar-refractivity contribution in [3.8, 4) is 0 Å². The first-order valence-electron chi connectivity index (χ1n) is 6.24. The van der Waals surface area contributed by atoms with Gasteiger partial charge in [0.25, 0.3) is 0 Å². The highest BCUT2D eigenvalue weighted by atomic mass is 16.5. The third-order valence-electron chi connectivity index (χ3n) is 3.00. The average Bonchev–Trinajstić information content (AvgIpc) is 2.34. The minimum atomic E-state index is 0.0641. The van der Waals surface area contributed by atoms with E-state index < -0.39 is 0 Å². The van der Waals surface area contributed by atoms with Crippen LogP contribution in [0, 0.1) is 5.92 Å². The van der Waals surface area contributed by atoms with Crippen molar-refractivity contribution in [2.24, 2.45) is 5.92 Å². The molecule has 4 heteroatoms. The van der Waals surface area contributed by atoms with Gasteiger partial charge in [0, 0.05) is 26.3 Å². The molecule has 94 valence electrons. The summed E-state index contributed by atoms with van der Waals surface area (Å²) in [5.74, 6) is 0.322. The molecule has 1 atom stereocenters. The van der Waals surface area contributed by atoms with Crippen LogP contribution in [0.5, 0.6) is 0 Å². The maximum Gasteiger partial charge on any atom is 0.248 e. The summed E-state index contributed by atoms with van der Waals surface area (Å²) in [6, 6.07) is 0. The Hall–Kier alpha value is -0.610. The van der Waals surface area contributed by atoms with E-state index in [4.69, 9.17) is 9.84 Å². The number of nitrogens with zero attached hydrogens (tertiary/aromatic N) is 1. The summed E-state index contributed by atoms with van der Waals surface area (Å²) >= 11 is 0. The van der Waals surface area contributed by atoms with Crippen LogP contribution in [-0.4, -0.2) is 48.8 Å². The lowest BCUT2D eigenvalue weighted by molar-refractivity contribution is -0.138. The molecule has 0 unspecified atom stereocenters. The van der Waals surface area contributed by atoms with Crippen molar-refractivity contribution in [1.29, 1.82) is 0 Å². The summed E-state index contributed by atoms with van der Waals surface area (Å²) in [5.41, 5.74) is 0. The lowest BCUT2D eigenvalue weighted by Crippen LogP contribution is -2.42. The molecule has 1 fully saturated rings. The van der Waals surface area contributed by atoms with E-state index in [1.807, 2.05) is 4.90 Å². The molecule has 1 aliphatic heterocycles. The lowest BCUT2D eigenvalue weighted by Gasteiger charge is -2.31. The van der Waals surface area contributed by atoms with E-state index in [1.165, 1.54) is 0 Å². The predicted molar refractivity (Wildman–Crippen MR) is 62.1 cm³/mol. The van der Waals surface area contributed by atoms with Gasteiger partial charge in [0.2, 0.25) is 5.91 Å². The summed E-state index contributed by atoms with van der Waals surface area (Å²) in [7, 11) is 0. The van der Waals surface area contributed by atoms with E-state index >= 15 is 0 Å². The number of hydrogen-bond acceptors (Lipinski definition) is 3. The molecule has 0 spiro atoms. The van der Waals surface area contributed by atoms with E-state index in [1.54, 1.807) is 0 Å². The number of aliphatic hydroxyl groups excluding tert-OH is 1. The summed E-state index contributed by atoms with van der Waals surface area (Å²) in [6.07, 6.45) is 4.11. The lowest BCUT2D eigenvalue weighted by atomic mass is 9.99. The fourth-order valence-corrected chi connectivity index (χ4v) is 1.94. The third-order valence-corrected chi connectivity index (χ3v) is 3.00. The Labute approximate surface area is 97.6 Å². The molecule has 1 rings (SSSR count). The highest BCUT2D eigenvalue weighted by molar-refractivity contribution is 5.77. The van der Waals surface area contributed by atoms with Crippen molar-refractivity contribution in [3.63, 3.8) is 0 Å². The number of aliphatic hydroxyl groups is 1. The quantitative estimate of drug-likeness (QED) is 0.692. The Morgan fingerprint density at radius 1 is 1.56 bits per heavy atom. The summed E-state index contributed by atoms with van der Waals surface area (Å²) < 4.78 is 5.30. The van der Waals surface area contributed by atoms with E-state index in [9.17, 15) is 4.79 Å². The molecule has 0 aliphatic carbocycles. The number of unbranched alkanes of at least 4 members (excludes halogenated alkanes) is 1. The van der Waals surface area contributed by atoms with Gasteiger partial charge in [0.1, 0.15) is 6.61 Å². The normalized spacial score (nSPS) is 21.1. The SMILES string of the molecule is CCCCOCC(=O)N1CCC[C@H](CO)C1. The molecule has 0 aromatic heterocycles. The number of carbonyl (C=O) groups is 1. The topological polar surface area (TPSA) is 49.8 Å². The zero-order valence-electron chi connectivity index (χ0n) is 10.2. The number of hydrogen-bond donors (Lipinski definition) is 1. The van der Waals surface area contributed by atoms with Crippen molar-refractivity contribution in [2.45, 2.75) is 32.6 Å². The Balaban J connectivity index is 2.19. The average molecular weight is 229 g/mol. The third kappa shape index (κ3) is 4.49. The Morgan fingerprint density at radius 2 is 2.38 bits per heavy atom. The van der Waals surface area contributed by atoms with Gasteiger partial charge in [-0.05, 0) is 25.2 Å². The zero-order valence-corrected chi connectivity index (χ0v) is 10.2. The summed E-state index contributed by atoms with van der Waals surface area (Å²) in [5, 5.41) is 9.07. The fourth-order valence-electron chi connectivity index (χ4n) is 1.94. The molecule has 1 N–H and O–H groups in total. The van der Waals surface area contributed by atoms with Gasteiger partial charge in [-0.1, -0.05) is 13.3 Å². The fraction of sp³-hybridized carbons (Fsp3) is 0.917. The van der Waals surface area contributed by atoms with Crippen LogP contribution in [0.2, 0.25) is 0 Å². The van der Waals surface area contributed by atoms with Crippen molar-refractivity contribution >= 4 is 5.91 Å². The van der Waals surface area contributed by atoms with E-state index in [0.29, 0.717) is 13.2 Å². The van der Waals surface area contributed by atoms with Gasteiger partial charge in [0.15, 0.2) is 0 Å². The van der Waals surface area contributed by atoms with E-state index in [-0.39, 0.29) is 25.0 Å². The molecule has 0 bridgehead atoms. The van der Waals surface area contributed by atoms with E-state index in [2.05, 4.69) is 6.92 Å². The van der Waals surface area contributed by atoms with Crippen LogP contribution in [0.25, 0.3) is 0 Å². The highest BCUT2D eigenvalue weighted by Gasteiger charge is 2.22. The minimum Gasteiger partial charge on any atom is -0.396 e. The standard InChI is InChI=1S/C12H23NO3/c1-2-3-7-16-10-12(15)13-6-4-5-11(8-13)9-14/h11,14H,2-10H2,1H3/t11-/m0/s1. The molecule has 0 aromatic carbocycles. The predicted octanol–water partition coefficient (Wildman–Crippen LogP) is 1.03. The zero-order chi connectivity index (χ0) is 11.8. The number of carbonyl (C=O) groups excluding carboxylic acids is 1. The van der Waals surface area contributed by atoms with Gasteiger partial charge in [-0.25, -0.2) is 0 Å². The second-order valence-electron chi connectivity index (χ2n) is 4.44. The molecule has 1 amide bonds. The molecule has 0 radical (unpaired) electrons. The van der Waals surface area contributed by atoms with Crippen LogP contribution in [0.3, 0.4) is 0 Å². The molecule has 4 nitrogen and oxygen atoms in total. The van der Waals surface area contributed by atoms with Crippen molar-refractivity contribution in [3.05, 3.63) is 0 Å². The first-order chi connectivity index (χ1) is 7.77. The van der Waals surface area contributed by atoms with Gasteiger partial charge >= 0.3 is 0 Å². The second-order valence-corrected chi connectivity index (χ2v) is 4.44. The highest BCUT2D eigenvalue weighted by Crippen LogP contribution is 2.15. The van der Waals surface area contributed by atoms with Crippen LogP contribution < -0.4 is 0 Å². The molecule has 16 heavy (non-hydrogen) atoms. The van der Waals surface area contributed by atoms with Crippen LogP contribution in [0.1, 0.15) is 32.6 Å². The molecule has 0 saturated carbocycles. The van der Waals surface area contributed by atoms with Gasteiger partial charge in [0.05, 0.1) is 0 Å². The van der Waals surface area contributed by atoms with Gasteiger partial charge < -0.3 is 14.7 Å². The number of rotatable bonds is 6. The van der Waals surface area contributed by atoms with Crippen LogP contribution >= 0.6 is 0 Å². The minimum absolute atomic E-state index is 0.0641. The second kappa shape index (κ2) is 7.63. The number of amides is 1. The Bertz CT molecular complexity index is 208. The maximum absolute atomic E-state index is 11.7. The van der Waals surface area contributed by atoms with Crippen molar-refractivity contribution in [2.75, 3.05) is 32.9 Å². The summed E-state index contributed by atoms with van der Waals surface area (Å²) in [4.78, 5) is 13.6. The largest absolute Gasteiger partial charge is 0.396 e. The molecular formula is C12H23NO3. The molecule has 1 heterocycles. The molecular weight excluding hydrogens is 206 g/mol. The van der Waals surface area contributed by atoms with Crippen molar-refractivity contribution in [1.82, 2.24) is 4.90 Å². The molecule has 1 aliphatic rings. The first-order valence-corrected chi connectivity index (χ1v) is 6.24. The van der Waals surface area contributed by atoms with Gasteiger partial charge in [-0.15, -0.1) is 0 Å². The summed E-state index contributed by atoms with van der Waals surface area (Å²) in [6.45, 7) is 4.64. The number of ether oxygens (including phenoxy) is 1. The van der Waals surface area contributed by atoms with Crippen molar-refractivity contribution < 1.29 is 14.6 Å². The van der Waals surface area contributed by atoms with Crippen LogP contribution in [-0.2, 0) is 9.53 Å². The molecule has 1 saturated heterocycles. The van der Waals surface area contributed by atoms with Gasteiger partial charge in [-0.2, -0.15) is 0 Å². The smallest absolute Gasteiger partial charge is 0.248 e. The van der Waals surface area contributed by atoms with E-state index in [0.717, 1.165) is 32.2 Å². The Kier molecular flexibility index (Phi) is 6.42. The number of likely N-dealkylation sites (tertiary alicyclic amines) is 1. The molecule has 0 aromatic rings. The number of piperidine rings is 1. The van der Waals surface area contributed by atoms with Crippen LogP contribution in [0.4, 0.5) is 0 Å². The Morgan fingerprint density at radius 3 is 3.06 bits per heavy atom. The van der Waals surface area contributed by atoms with Gasteiger partial charge in [-0.3, -0.25) is 4.79 Å². The van der Waals surface area contributed by atoms with Crippen LogP contribution in [0.15, 0.2) is 0 Å². The monoisotopic (exact) mass is 229 g/mol.